The van der Waals surface area contributed by atoms with Crippen molar-refractivity contribution in [3.05, 3.63) is 77.7 Å². The van der Waals surface area contributed by atoms with Crippen molar-refractivity contribution in [1.82, 2.24) is 10.3 Å². The number of hydrogen-bond acceptors (Lipinski definition) is 6. The Hall–Kier alpha value is -3.89. The molecule has 34 heavy (non-hydrogen) atoms. The molecule has 0 spiro atoms. The maximum Gasteiger partial charge on any atom is 0.326 e. The minimum absolute atomic E-state index is 0.204. The molecule has 9 nitrogen and oxygen atoms in total. The number of carbonyl (C=O) groups is 3. The van der Waals surface area contributed by atoms with Gasteiger partial charge in [0.15, 0.2) is 0 Å². The summed E-state index contributed by atoms with van der Waals surface area (Å²) in [5, 5.41) is 12.3. The van der Waals surface area contributed by atoms with Crippen LogP contribution in [0.4, 0.5) is 4.39 Å². The third kappa shape index (κ3) is 7.91. The first kappa shape index (κ1) is 26.4. The summed E-state index contributed by atoms with van der Waals surface area (Å²) >= 11 is 0. The van der Waals surface area contributed by atoms with Crippen molar-refractivity contribution in [1.29, 1.82) is 0 Å². The molecule has 0 unspecified atom stereocenters. The zero-order chi connectivity index (χ0) is 25.1. The van der Waals surface area contributed by atoms with E-state index in [-0.39, 0.29) is 18.7 Å². The number of benzene rings is 2. The van der Waals surface area contributed by atoms with Gasteiger partial charge in [-0.1, -0.05) is 30.3 Å². The Labute approximate surface area is 196 Å². The van der Waals surface area contributed by atoms with Gasteiger partial charge in [-0.2, -0.15) is 0 Å². The Kier molecular flexibility index (Phi) is 10.1. The summed E-state index contributed by atoms with van der Waals surface area (Å²) in [6.07, 6.45) is 2.59. The number of amides is 2. The van der Waals surface area contributed by atoms with Crippen LogP contribution >= 0.6 is 0 Å². The summed E-state index contributed by atoms with van der Waals surface area (Å²) in [4.78, 5) is 38.0. The fraction of sp³-hybridized carbons (Fsp3) is 0.250. The summed E-state index contributed by atoms with van der Waals surface area (Å²) in [6.45, 7) is 0.348. The number of aliphatic carboxylic acids is 1. The van der Waals surface area contributed by atoms with E-state index < -0.39 is 29.9 Å². The second kappa shape index (κ2) is 13.0. The Balaban J connectivity index is 0.000000266. The van der Waals surface area contributed by atoms with E-state index in [0.29, 0.717) is 29.6 Å². The minimum atomic E-state index is -1.12. The van der Waals surface area contributed by atoms with Crippen LogP contribution < -0.4 is 22.5 Å². The number of carboxylic acids is 1. The molecular weight excluding hydrogens is 441 g/mol. The first-order chi connectivity index (χ1) is 16.2. The van der Waals surface area contributed by atoms with E-state index in [1.165, 1.54) is 24.3 Å². The SMILES string of the molecule is NC(=O)c1cccc2cccnc12.NCCC[C@H](NC(=O)[C@@H](N)Cc1ccc(F)cc1)C(=O)O. The fourth-order valence-electron chi connectivity index (χ4n) is 3.13. The number of nitrogens with zero attached hydrogens (tertiary/aromatic N) is 1. The van der Waals surface area contributed by atoms with Gasteiger partial charge in [-0.25, -0.2) is 9.18 Å². The van der Waals surface area contributed by atoms with Crippen LogP contribution in [0.25, 0.3) is 10.9 Å². The predicted octanol–water partition coefficient (Wildman–Crippen LogP) is 1.34. The lowest BCUT2D eigenvalue weighted by molar-refractivity contribution is -0.142. The number of pyridine rings is 1. The Morgan fingerprint density at radius 3 is 2.35 bits per heavy atom. The van der Waals surface area contributed by atoms with Crippen LogP contribution in [0.1, 0.15) is 28.8 Å². The molecule has 2 aromatic carbocycles. The molecule has 0 aliphatic rings. The number of para-hydroxylation sites is 1. The molecule has 8 N–H and O–H groups in total. The topological polar surface area (TPSA) is 174 Å². The lowest BCUT2D eigenvalue weighted by Gasteiger charge is -2.17. The molecule has 10 heteroatoms. The first-order valence-electron chi connectivity index (χ1n) is 10.6. The average Bonchev–Trinajstić information content (AvgIpc) is 2.82. The molecular formula is C24H28FN5O4. The molecule has 3 rings (SSSR count). The number of aromatic nitrogens is 1. The number of carbonyl (C=O) groups excluding carboxylic acids is 2. The highest BCUT2D eigenvalue weighted by molar-refractivity contribution is 6.04. The Bertz CT molecular complexity index is 1120. The maximum absolute atomic E-state index is 12.8. The average molecular weight is 470 g/mol. The van der Waals surface area contributed by atoms with Crippen LogP contribution in [-0.4, -0.2) is 46.5 Å². The predicted molar refractivity (Wildman–Crippen MR) is 126 cm³/mol. The second-order valence-electron chi connectivity index (χ2n) is 7.51. The quantitative estimate of drug-likeness (QED) is 0.314. The van der Waals surface area contributed by atoms with Gasteiger partial charge in [0.25, 0.3) is 5.91 Å². The maximum atomic E-state index is 12.8. The van der Waals surface area contributed by atoms with Crippen LogP contribution in [0.5, 0.6) is 0 Å². The van der Waals surface area contributed by atoms with Crippen molar-refractivity contribution in [2.75, 3.05) is 6.54 Å². The van der Waals surface area contributed by atoms with Crippen molar-refractivity contribution >= 4 is 28.7 Å². The van der Waals surface area contributed by atoms with Crippen molar-refractivity contribution in [3.63, 3.8) is 0 Å². The normalized spacial score (nSPS) is 12.2. The summed E-state index contributed by atoms with van der Waals surface area (Å²) in [6, 6.07) is 12.8. The van der Waals surface area contributed by atoms with E-state index in [0.717, 1.165) is 5.39 Å². The van der Waals surface area contributed by atoms with Gasteiger partial charge in [0, 0.05) is 11.6 Å². The van der Waals surface area contributed by atoms with Gasteiger partial charge < -0.3 is 27.6 Å². The lowest BCUT2D eigenvalue weighted by Crippen LogP contribution is -2.49. The van der Waals surface area contributed by atoms with E-state index in [2.05, 4.69) is 10.3 Å². The van der Waals surface area contributed by atoms with Gasteiger partial charge in [0.05, 0.1) is 17.1 Å². The Morgan fingerprint density at radius 2 is 1.74 bits per heavy atom. The summed E-state index contributed by atoms with van der Waals surface area (Å²) in [5.74, 6) is -2.48. The molecule has 0 fully saturated rings. The zero-order valence-corrected chi connectivity index (χ0v) is 18.5. The number of halogens is 1. The highest BCUT2D eigenvalue weighted by Gasteiger charge is 2.22. The third-order valence-electron chi connectivity index (χ3n) is 4.92. The largest absolute Gasteiger partial charge is 0.480 e. The van der Waals surface area contributed by atoms with Crippen LogP contribution in [0.15, 0.2) is 60.8 Å². The van der Waals surface area contributed by atoms with Crippen LogP contribution in [0.2, 0.25) is 0 Å². The van der Waals surface area contributed by atoms with Crippen molar-refractivity contribution in [2.45, 2.75) is 31.3 Å². The van der Waals surface area contributed by atoms with Crippen LogP contribution in [-0.2, 0) is 16.0 Å². The monoisotopic (exact) mass is 469 g/mol. The van der Waals surface area contributed by atoms with E-state index in [9.17, 15) is 18.8 Å². The highest BCUT2D eigenvalue weighted by atomic mass is 19.1. The molecule has 0 saturated heterocycles. The standard InChI is InChI=1S/C14H20FN3O3.C10H8N2O/c15-10-5-3-9(4-6-10)8-11(17)13(19)18-12(14(20)21)2-1-7-16;11-10(13)8-5-1-3-7-4-2-6-12-9(7)8/h3-6,11-12H,1-2,7-8,16-17H2,(H,18,19)(H,20,21);1-6H,(H2,11,13)/t11-,12-;/m0./s1. The van der Waals surface area contributed by atoms with E-state index in [4.69, 9.17) is 22.3 Å². The molecule has 0 bridgehead atoms. The Morgan fingerprint density at radius 1 is 1.06 bits per heavy atom. The number of carboxylic acid groups (broad SMARTS) is 1. The van der Waals surface area contributed by atoms with Gasteiger partial charge in [0.1, 0.15) is 11.9 Å². The van der Waals surface area contributed by atoms with Gasteiger partial charge in [0.2, 0.25) is 5.91 Å². The van der Waals surface area contributed by atoms with E-state index in [1.54, 1.807) is 18.3 Å². The van der Waals surface area contributed by atoms with E-state index in [1.807, 2.05) is 18.2 Å². The fourth-order valence-corrected chi connectivity index (χ4v) is 3.13. The van der Waals surface area contributed by atoms with Gasteiger partial charge >= 0.3 is 5.97 Å². The van der Waals surface area contributed by atoms with Gasteiger partial charge in [-0.3, -0.25) is 14.6 Å². The number of hydrogen-bond donors (Lipinski definition) is 5. The van der Waals surface area contributed by atoms with Gasteiger partial charge in [-0.15, -0.1) is 0 Å². The van der Waals surface area contributed by atoms with Crippen LogP contribution in [0, 0.1) is 5.82 Å². The third-order valence-corrected chi connectivity index (χ3v) is 4.92. The molecule has 0 radical (unpaired) electrons. The summed E-state index contributed by atoms with van der Waals surface area (Å²) < 4.78 is 12.8. The molecule has 0 aliphatic carbocycles. The summed E-state index contributed by atoms with van der Waals surface area (Å²) in [5.41, 5.74) is 18.1. The van der Waals surface area contributed by atoms with Crippen molar-refractivity contribution in [2.24, 2.45) is 17.2 Å². The molecule has 2 atom stereocenters. The number of rotatable bonds is 9. The molecule has 3 aromatic rings. The highest BCUT2D eigenvalue weighted by Crippen LogP contribution is 2.14. The molecule has 1 aromatic heterocycles. The molecule has 1 heterocycles. The number of nitrogens with two attached hydrogens (primary N) is 3. The lowest BCUT2D eigenvalue weighted by atomic mass is 10.0. The number of nitrogens with one attached hydrogen (secondary N) is 1. The van der Waals surface area contributed by atoms with Gasteiger partial charge in [-0.05, 0) is 55.6 Å². The molecule has 2 amide bonds. The molecule has 0 saturated carbocycles. The smallest absolute Gasteiger partial charge is 0.326 e. The number of fused-ring (bicyclic) bond motifs is 1. The van der Waals surface area contributed by atoms with Crippen LogP contribution in [0.3, 0.4) is 0 Å². The minimum Gasteiger partial charge on any atom is -0.480 e. The van der Waals surface area contributed by atoms with Crippen molar-refractivity contribution in [3.8, 4) is 0 Å². The van der Waals surface area contributed by atoms with E-state index >= 15 is 0 Å². The zero-order valence-electron chi connectivity index (χ0n) is 18.5. The molecule has 180 valence electrons. The molecule has 0 aliphatic heterocycles. The van der Waals surface area contributed by atoms with Crippen molar-refractivity contribution < 1.29 is 23.9 Å². The summed E-state index contributed by atoms with van der Waals surface area (Å²) in [7, 11) is 0. The second-order valence-corrected chi connectivity index (χ2v) is 7.51. The first-order valence-corrected chi connectivity index (χ1v) is 10.6. The number of primary amides is 1.